The Morgan fingerprint density at radius 3 is 2.67 bits per heavy atom. The summed E-state index contributed by atoms with van der Waals surface area (Å²) in [6.45, 7) is 0. The molecule has 1 saturated carbocycles. The van der Waals surface area contributed by atoms with Crippen molar-refractivity contribution in [3.8, 4) is 0 Å². The zero-order valence-electron chi connectivity index (χ0n) is 8.53. The number of carbonyl (C=O) groups is 2. The van der Waals surface area contributed by atoms with E-state index in [0.717, 1.165) is 12.8 Å². The summed E-state index contributed by atoms with van der Waals surface area (Å²) in [6.07, 6.45) is 7.30. The minimum atomic E-state index is -0.568. The maximum atomic E-state index is 11.4. The van der Waals surface area contributed by atoms with E-state index in [2.05, 4.69) is 15.6 Å². The molecule has 82 valence electrons. The van der Waals surface area contributed by atoms with Gasteiger partial charge in [-0.1, -0.05) is 19.3 Å². The Labute approximate surface area is 88.3 Å². The Kier molecular flexibility index (Phi) is 3.11. The van der Waals surface area contributed by atoms with Gasteiger partial charge in [-0.3, -0.25) is 15.4 Å². The topological polar surface area (TPSA) is 70.6 Å². The Morgan fingerprint density at radius 2 is 2.00 bits per heavy atom. The molecular weight excluding hydrogens is 194 g/mol. The number of hydrogen-bond donors (Lipinski definition) is 2. The normalized spacial score (nSPS) is 27.9. The number of hydrogen-bond acceptors (Lipinski definition) is 3. The molecule has 3 amide bonds. The summed E-state index contributed by atoms with van der Waals surface area (Å²) >= 11 is 0. The fraction of sp³-hybridized carbons (Fsp3) is 0.700. The molecule has 0 spiro atoms. The van der Waals surface area contributed by atoms with Gasteiger partial charge < -0.3 is 0 Å². The second kappa shape index (κ2) is 4.53. The van der Waals surface area contributed by atoms with Crippen LogP contribution in [0.4, 0.5) is 4.79 Å². The van der Waals surface area contributed by atoms with Gasteiger partial charge in [0.25, 0.3) is 5.91 Å². The number of amides is 3. The van der Waals surface area contributed by atoms with Crippen molar-refractivity contribution in [1.82, 2.24) is 10.6 Å². The second-order valence-corrected chi connectivity index (χ2v) is 4.05. The van der Waals surface area contributed by atoms with E-state index in [1.54, 1.807) is 0 Å². The summed E-state index contributed by atoms with van der Waals surface area (Å²) in [5.74, 6) is -0.291. The molecule has 0 aromatic rings. The molecular formula is C10H15N3O2. The van der Waals surface area contributed by atoms with Gasteiger partial charge >= 0.3 is 6.03 Å². The molecule has 1 aliphatic carbocycles. The third kappa shape index (κ3) is 2.62. The highest BCUT2D eigenvalue weighted by molar-refractivity contribution is 6.11. The van der Waals surface area contributed by atoms with Crippen LogP contribution in [0.1, 0.15) is 32.1 Å². The van der Waals surface area contributed by atoms with E-state index in [9.17, 15) is 9.59 Å². The first kappa shape index (κ1) is 10.3. The molecule has 5 nitrogen and oxygen atoms in total. The molecule has 2 rings (SSSR count). The number of nitrogens with one attached hydrogen (secondary N) is 2. The van der Waals surface area contributed by atoms with Gasteiger partial charge in [-0.05, 0) is 12.8 Å². The molecule has 0 bridgehead atoms. The van der Waals surface area contributed by atoms with Crippen LogP contribution in [-0.4, -0.2) is 30.2 Å². The molecule has 0 aromatic heterocycles. The Balaban J connectivity index is 1.90. The molecule has 15 heavy (non-hydrogen) atoms. The third-order valence-corrected chi connectivity index (χ3v) is 2.87. The minimum Gasteiger partial charge on any atom is -0.299 e. The van der Waals surface area contributed by atoms with Crippen molar-refractivity contribution in [3.63, 3.8) is 0 Å². The van der Waals surface area contributed by atoms with E-state index in [-0.39, 0.29) is 5.91 Å². The lowest BCUT2D eigenvalue weighted by Crippen LogP contribution is -2.53. The molecule has 1 fully saturated rings. The van der Waals surface area contributed by atoms with Gasteiger partial charge in [-0.15, -0.1) is 0 Å². The summed E-state index contributed by atoms with van der Waals surface area (Å²) in [7, 11) is 0. The smallest absolute Gasteiger partial charge is 0.299 e. The molecule has 1 unspecified atom stereocenters. The number of aliphatic imine (C=N–C) groups is 1. The predicted molar refractivity (Wildman–Crippen MR) is 55.8 cm³/mol. The van der Waals surface area contributed by atoms with E-state index in [0.29, 0.717) is 6.04 Å². The monoisotopic (exact) mass is 209 g/mol. The molecule has 5 heteroatoms. The van der Waals surface area contributed by atoms with Gasteiger partial charge in [0.2, 0.25) is 0 Å². The van der Waals surface area contributed by atoms with Crippen molar-refractivity contribution in [3.05, 3.63) is 0 Å². The molecule has 1 aliphatic heterocycles. The van der Waals surface area contributed by atoms with Crippen LogP contribution in [0.5, 0.6) is 0 Å². The van der Waals surface area contributed by atoms with Crippen LogP contribution in [0.25, 0.3) is 0 Å². The van der Waals surface area contributed by atoms with Gasteiger partial charge in [-0.25, -0.2) is 9.79 Å². The van der Waals surface area contributed by atoms with Crippen LogP contribution in [0, 0.1) is 0 Å². The molecule has 0 saturated heterocycles. The highest BCUT2D eigenvalue weighted by atomic mass is 16.2. The van der Waals surface area contributed by atoms with Crippen LogP contribution in [0.3, 0.4) is 0 Å². The fourth-order valence-electron chi connectivity index (χ4n) is 2.07. The lowest BCUT2D eigenvalue weighted by molar-refractivity contribution is -0.120. The minimum absolute atomic E-state index is 0.291. The molecule has 2 aliphatic rings. The van der Waals surface area contributed by atoms with E-state index < -0.39 is 12.1 Å². The Bertz CT molecular complexity index is 295. The fourth-order valence-corrected chi connectivity index (χ4v) is 2.07. The lowest BCUT2D eigenvalue weighted by atomic mass is 9.95. The van der Waals surface area contributed by atoms with Crippen LogP contribution < -0.4 is 10.6 Å². The van der Waals surface area contributed by atoms with Gasteiger partial charge in [0.15, 0.2) is 0 Å². The van der Waals surface area contributed by atoms with E-state index in [1.807, 2.05) is 0 Å². The van der Waals surface area contributed by atoms with Crippen molar-refractivity contribution in [2.45, 2.75) is 44.2 Å². The standard InChI is InChI=1S/C10H15N3O2/c14-9-8(6-11-10(15)13-9)12-7-4-2-1-3-5-7/h6-8,12H,1-5H2,(H,13,14,15). The average molecular weight is 209 g/mol. The van der Waals surface area contributed by atoms with Crippen molar-refractivity contribution in [1.29, 1.82) is 0 Å². The SMILES string of the molecule is O=C1N=CC(NC2CCCCC2)C(=O)N1. The van der Waals surface area contributed by atoms with E-state index in [4.69, 9.17) is 0 Å². The second-order valence-electron chi connectivity index (χ2n) is 4.05. The average Bonchev–Trinajstić information content (AvgIpc) is 2.24. The summed E-state index contributed by atoms with van der Waals surface area (Å²) in [5, 5.41) is 5.40. The first-order chi connectivity index (χ1) is 7.25. The maximum absolute atomic E-state index is 11.4. The maximum Gasteiger partial charge on any atom is 0.347 e. The van der Waals surface area contributed by atoms with Crippen LogP contribution >= 0.6 is 0 Å². The number of rotatable bonds is 2. The zero-order valence-corrected chi connectivity index (χ0v) is 8.53. The Hall–Kier alpha value is -1.23. The van der Waals surface area contributed by atoms with Crippen LogP contribution in [0.15, 0.2) is 4.99 Å². The van der Waals surface area contributed by atoms with Gasteiger partial charge in [0, 0.05) is 12.3 Å². The van der Waals surface area contributed by atoms with Crippen molar-refractivity contribution < 1.29 is 9.59 Å². The van der Waals surface area contributed by atoms with Gasteiger partial charge in [0.1, 0.15) is 6.04 Å². The van der Waals surface area contributed by atoms with E-state index in [1.165, 1.54) is 25.5 Å². The predicted octanol–water partition coefficient (Wildman–Crippen LogP) is 0.598. The number of carbonyl (C=O) groups excluding carboxylic acids is 2. The summed E-state index contributed by atoms with van der Waals surface area (Å²) in [4.78, 5) is 25.7. The zero-order chi connectivity index (χ0) is 10.7. The quantitative estimate of drug-likeness (QED) is 0.699. The summed E-state index contributed by atoms with van der Waals surface area (Å²) in [5.41, 5.74) is 0. The van der Waals surface area contributed by atoms with Gasteiger partial charge in [0.05, 0.1) is 0 Å². The largest absolute Gasteiger partial charge is 0.347 e. The molecule has 0 aromatic carbocycles. The number of imide groups is 1. The van der Waals surface area contributed by atoms with Crippen molar-refractivity contribution in [2.75, 3.05) is 0 Å². The Morgan fingerprint density at radius 1 is 1.27 bits per heavy atom. The van der Waals surface area contributed by atoms with Crippen LogP contribution in [0.2, 0.25) is 0 Å². The molecule has 0 radical (unpaired) electrons. The summed E-state index contributed by atoms with van der Waals surface area (Å²) < 4.78 is 0. The first-order valence-corrected chi connectivity index (χ1v) is 5.41. The first-order valence-electron chi connectivity index (χ1n) is 5.41. The number of nitrogens with zero attached hydrogens (tertiary/aromatic N) is 1. The molecule has 1 atom stereocenters. The highest BCUT2D eigenvalue weighted by Crippen LogP contribution is 2.17. The van der Waals surface area contributed by atoms with Crippen molar-refractivity contribution >= 4 is 18.2 Å². The van der Waals surface area contributed by atoms with Crippen LogP contribution in [-0.2, 0) is 4.79 Å². The molecule has 1 heterocycles. The summed E-state index contributed by atoms with van der Waals surface area (Å²) in [6, 6.07) is -0.623. The van der Waals surface area contributed by atoms with Crippen molar-refractivity contribution in [2.24, 2.45) is 4.99 Å². The lowest BCUT2D eigenvalue weighted by Gasteiger charge is -2.26. The van der Waals surface area contributed by atoms with E-state index >= 15 is 0 Å². The third-order valence-electron chi connectivity index (χ3n) is 2.87. The highest BCUT2D eigenvalue weighted by Gasteiger charge is 2.25. The molecule has 2 N–H and O–H groups in total. The van der Waals surface area contributed by atoms with Gasteiger partial charge in [-0.2, -0.15) is 0 Å². The number of urea groups is 1.